The van der Waals surface area contributed by atoms with Crippen molar-refractivity contribution in [3.05, 3.63) is 35.9 Å². The maximum atomic E-state index is 5.45. The first-order valence-electron chi connectivity index (χ1n) is 12.8. The zero-order valence-corrected chi connectivity index (χ0v) is 22.5. The lowest BCUT2D eigenvalue weighted by Crippen LogP contribution is -2.41. The molecule has 10 heteroatoms. The highest BCUT2D eigenvalue weighted by atomic mass is 32.1. The topological polar surface area (TPSA) is 79.3 Å². The van der Waals surface area contributed by atoms with E-state index in [1.54, 1.807) is 0 Å². The van der Waals surface area contributed by atoms with Crippen molar-refractivity contribution in [1.82, 2.24) is 31.3 Å². The third-order valence-electron chi connectivity index (χ3n) is 6.31. The van der Waals surface area contributed by atoms with Crippen LogP contribution in [-0.2, 0) is 0 Å². The molecule has 0 spiro atoms. The lowest BCUT2D eigenvalue weighted by atomic mass is 10.1. The van der Waals surface area contributed by atoms with Crippen molar-refractivity contribution in [1.29, 1.82) is 0 Å². The fraction of sp³-hybridized carbons (Fsp3) is 0.600. The molecule has 0 radical (unpaired) electrons. The van der Waals surface area contributed by atoms with Crippen LogP contribution in [0.2, 0.25) is 0 Å². The largest absolute Gasteiger partial charge is 0.360 e. The fourth-order valence-electron chi connectivity index (χ4n) is 4.34. The van der Waals surface area contributed by atoms with Crippen LogP contribution in [0.25, 0.3) is 0 Å². The summed E-state index contributed by atoms with van der Waals surface area (Å²) in [6, 6.07) is 9.94. The van der Waals surface area contributed by atoms with Crippen LogP contribution in [0, 0.1) is 0 Å². The summed E-state index contributed by atoms with van der Waals surface area (Å²) in [7, 11) is 0. The van der Waals surface area contributed by atoms with Gasteiger partial charge in [-0.3, -0.25) is 10.9 Å². The predicted octanol–water partition coefficient (Wildman–Crippen LogP) is 2.67. The Kier molecular flexibility index (Phi) is 12.4. The van der Waals surface area contributed by atoms with Crippen molar-refractivity contribution in [2.45, 2.75) is 45.4 Å². The highest BCUT2D eigenvalue weighted by Gasteiger charge is 2.12. The molecule has 2 aliphatic rings. The van der Waals surface area contributed by atoms with E-state index in [1.165, 1.54) is 64.7 Å². The van der Waals surface area contributed by atoms with Gasteiger partial charge in [-0.05, 0) is 83.2 Å². The van der Waals surface area contributed by atoms with Crippen LogP contribution in [0.3, 0.4) is 0 Å². The Balaban J connectivity index is 1.48. The molecule has 192 valence electrons. The number of hydrogen-bond acceptors (Lipinski definition) is 6. The van der Waals surface area contributed by atoms with Gasteiger partial charge in [0.2, 0.25) is 0 Å². The van der Waals surface area contributed by atoms with Crippen LogP contribution in [0.4, 0.5) is 0 Å². The quantitative estimate of drug-likeness (QED) is 0.215. The number of benzene rings is 1. The van der Waals surface area contributed by atoms with Crippen molar-refractivity contribution in [2.24, 2.45) is 10.2 Å². The molecule has 2 heterocycles. The van der Waals surface area contributed by atoms with Crippen molar-refractivity contribution in [3.8, 4) is 0 Å². The molecule has 1 aromatic carbocycles. The first-order valence-corrected chi connectivity index (χ1v) is 13.6. The lowest BCUT2D eigenvalue weighted by Gasteiger charge is -2.26. The number of hydrogen-bond donors (Lipinski definition) is 4. The number of nitrogens with one attached hydrogen (secondary N) is 4. The molecule has 0 unspecified atom stereocenters. The van der Waals surface area contributed by atoms with Crippen molar-refractivity contribution in [2.75, 3.05) is 52.4 Å². The van der Waals surface area contributed by atoms with Gasteiger partial charge in [0.25, 0.3) is 0 Å². The number of thiocarbonyl (C=S) groups is 2. The SMILES string of the molecule is CC(=N\NC(=S)NCCN1CCCCC1)/C(=N/NC(=S)NCCN1CCCCC1)c1ccccc1. The summed E-state index contributed by atoms with van der Waals surface area (Å²) in [5.41, 5.74) is 8.30. The summed E-state index contributed by atoms with van der Waals surface area (Å²) in [6.07, 6.45) is 7.85. The summed E-state index contributed by atoms with van der Waals surface area (Å²) >= 11 is 10.9. The summed E-state index contributed by atoms with van der Waals surface area (Å²) in [5.74, 6) is 0. The monoisotopic (exact) mass is 516 g/mol. The van der Waals surface area contributed by atoms with Crippen LogP contribution in [0.1, 0.15) is 51.0 Å². The molecule has 2 saturated heterocycles. The van der Waals surface area contributed by atoms with Gasteiger partial charge in [0.15, 0.2) is 10.2 Å². The maximum absolute atomic E-state index is 5.45. The number of nitrogens with zero attached hydrogens (tertiary/aromatic N) is 4. The summed E-state index contributed by atoms with van der Waals surface area (Å²) in [4.78, 5) is 4.95. The Hall–Kier alpha value is -2.14. The fourth-order valence-corrected chi connectivity index (χ4v) is 4.64. The molecular weight excluding hydrogens is 476 g/mol. The van der Waals surface area contributed by atoms with Crippen molar-refractivity contribution < 1.29 is 0 Å². The maximum Gasteiger partial charge on any atom is 0.187 e. The average molecular weight is 517 g/mol. The molecule has 2 aliphatic heterocycles. The molecule has 4 N–H and O–H groups in total. The molecule has 8 nitrogen and oxygen atoms in total. The van der Waals surface area contributed by atoms with E-state index in [9.17, 15) is 0 Å². The van der Waals surface area contributed by atoms with E-state index in [1.807, 2.05) is 37.3 Å². The first kappa shape index (κ1) is 27.4. The van der Waals surface area contributed by atoms with Gasteiger partial charge in [-0.1, -0.05) is 43.2 Å². The van der Waals surface area contributed by atoms with E-state index in [4.69, 9.17) is 24.4 Å². The molecule has 0 aliphatic carbocycles. The zero-order valence-electron chi connectivity index (χ0n) is 20.9. The molecule has 0 bridgehead atoms. The van der Waals surface area contributed by atoms with Crippen molar-refractivity contribution >= 4 is 46.1 Å². The molecule has 1 aromatic rings. The van der Waals surface area contributed by atoms with Crippen molar-refractivity contribution in [3.63, 3.8) is 0 Å². The molecule has 0 saturated carbocycles. The minimum absolute atomic E-state index is 0.506. The molecule has 2 fully saturated rings. The Morgan fingerprint density at radius 1 is 0.743 bits per heavy atom. The number of piperidine rings is 2. The third-order valence-corrected chi connectivity index (χ3v) is 6.78. The Morgan fingerprint density at radius 2 is 1.23 bits per heavy atom. The molecule has 0 amide bonds. The summed E-state index contributed by atoms with van der Waals surface area (Å²) in [6.45, 7) is 10.2. The zero-order chi connectivity index (χ0) is 24.7. The molecular formula is C25H40N8S2. The van der Waals surface area contributed by atoms with Gasteiger partial charge in [0.1, 0.15) is 5.71 Å². The second-order valence-corrected chi connectivity index (χ2v) is 9.88. The van der Waals surface area contributed by atoms with Gasteiger partial charge in [-0.15, -0.1) is 0 Å². The van der Waals surface area contributed by atoms with Gasteiger partial charge in [-0.2, -0.15) is 10.2 Å². The van der Waals surface area contributed by atoms with Gasteiger partial charge in [-0.25, -0.2) is 0 Å². The first-order chi connectivity index (χ1) is 17.1. The standard InChI is InChI=1S/C25H40N8S2/c1-21(28-30-24(34)26-13-19-32-15-7-3-8-16-32)23(22-11-5-2-6-12-22)29-31-25(35)27-14-20-33-17-9-4-10-18-33/h2,5-6,11-12H,3-4,7-10,13-20H2,1H3,(H2,26,30,34)(H2,27,31,35)/b28-21+,29-23-. The highest BCUT2D eigenvalue weighted by molar-refractivity contribution is 7.80. The number of rotatable bonds is 10. The second-order valence-electron chi connectivity index (χ2n) is 9.06. The molecule has 0 aromatic heterocycles. The van der Waals surface area contributed by atoms with Crippen LogP contribution in [0.15, 0.2) is 40.5 Å². The number of likely N-dealkylation sites (tertiary alicyclic amines) is 2. The normalized spacial score (nSPS) is 18.1. The van der Waals surface area contributed by atoms with E-state index in [0.29, 0.717) is 21.6 Å². The highest BCUT2D eigenvalue weighted by Crippen LogP contribution is 2.08. The average Bonchev–Trinajstić information content (AvgIpc) is 2.89. The van der Waals surface area contributed by atoms with E-state index >= 15 is 0 Å². The lowest BCUT2D eigenvalue weighted by molar-refractivity contribution is 0.232. The molecule has 3 rings (SSSR count). The Morgan fingerprint density at radius 3 is 1.74 bits per heavy atom. The van der Waals surface area contributed by atoms with E-state index in [0.717, 1.165) is 31.7 Å². The van der Waals surface area contributed by atoms with E-state index < -0.39 is 0 Å². The third kappa shape index (κ3) is 10.6. The van der Waals surface area contributed by atoms with Crippen LogP contribution in [-0.4, -0.2) is 83.8 Å². The van der Waals surface area contributed by atoms with Crippen LogP contribution < -0.4 is 21.5 Å². The van der Waals surface area contributed by atoms with E-state index in [-0.39, 0.29) is 0 Å². The van der Waals surface area contributed by atoms with Gasteiger partial charge in [0.05, 0.1) is 5.71 Å². The van der Waals surface area contributed by atoms with Gasteiger partial charge < -0.3 is 20.4 Å². The predicted molar refractivity (Wildman–Crippen MR) is 154 cm³/mol. The van der Waals surface area contributed by atoms with Gasteiger partial charge >= 0.3 is 0 Å². The summed E-state index contributed by atoms with van der Waals surface area (Å²) < 4.78 is 0. The second kappa shape index (κ2) is 15.8. The molecule has 35 heavy (non-hydrogen) atoms. The van der Waals surface area contributed by atoms with Crippen LogP contribution >= 0.6 is 24.4 Å². The minimum Gasteiger partial charge on any atom is -0.360 e. The smallest absolute Gasteiger partial charge is 0.187 e. The minimum atomic E-state index is 0.506. The molecule has 0 atom stereocenters. The van der Waals surface area contributed by atoms with Gasteiger partial charge in [0, 0.05) is 31.7 Å². The van der Waals surface area contributed by atoms with E-state index in [2.05, 4.69) is 41.5 Å². The Bertz CT molecular complexity index is 846. The Labute approximate surface area is 221 Å². The number of hydrazone groups is 2. The summed E-state index contributed by atoms with van der Waals surface area (Å²) in [5, 5.41) is 16.6. The van der Waals surface area contributed by atoms with Crippen LogP contribution in [0.5, 0.6) is 0 Å².